The van der Waals surface area contributed by atoms with Crippen molar-refractivity contribution < 1.29 is 9.90 Å². The van der Waals surface area contributed by atoms with Gasteiger partial charge in [-0.1, -0.05) is 0 Å². The molecule has 0 aliphatic heterocycles. The number of hydrogen-bond donors (Lipinski definition) is 1. The van der Waals surface area contributed by atoms with E-state index in [1.165, 1.54) is 11.3 Å². The van der Waals surface area contributed by atoms with Gasteiger partial charge in [0.05, 0.1) is 37.3 Å². The van der Waals surface area contributed by atoms with Crippen LogP contribution in [0.1, 0.15) is 55.9 Å². The van der Waals surface area contributed by atoms with Crippen molar-refractivity contribution in [3.8, 4) is 0 Å². The van der Waals surface area contributed by atoms with Gasteiger partial charge in [0.2, 0.25) is 0 Å². The molecule has 0 saturated carbocycles. The molecule has 0 radical (unpaired) electrons. The molecule has 0 fully saturated rings. The third-order valence-corrected chi connectivity index (χ3v) is 4.96. The number of nitrogens with zero attached hydrogens (tertiary/aromatic N) is 2. The monoisotopic (exact) mass is 312 g/mol. The summed E-state index contributed by atoms with van der Waals surface area (Å²) < 4.78 is 0. The van der Waals surface area contributed by atoms with E-state index in [-0.39, 0.29) is 11.9 Å². The Morgan fingerprint density at radius 3 is 1.75 bits per heavy atom. The van der Waals surface area contributed by atoms with Gasteiger partial charge in [-0.3, -0.25) is 4.79 Å². The molecule has 0 saturated heterocycles. The van der Waals surface area contributed by atoms with Crippen LogP contribution < -0.4 is 0 Å². The summed E-state index contributed by atoms with van der Waals surface area (Å²) in [4.78, 5) is 20.9. The number of carbonyl (C=O) groups excluding carboxylic acids is 1. The molecule has 2 aromatic rings. The topological polar surface area (TPSA) is 63.1 Å². The van der Waals surface area contributed by atoms with Crippen LogP contribution in [0.3, 0.4) is 0 Å². The van der Waals surface area contributed by atoms with Crippen LogP contribution in [0.4, 0.5) is 0 Å². The van der Waals surface area contributed by atoms with Crippen LogP contribution >= 0.6 is 22.7 Å². The van der Waals surface area contributed by atoms with Crippen molar-refractivity contribution in [3.05, 3.63) is 31.2 Å². The van der Waals surface area contributed by atoms with Crippen LogP contribution in [0.25, 0.3) is 0 Å². The highest BCUT2D eigenvalue weighted by molar-refractivity contribution is 7.13. The lowest BCUT2D eigenvalue weighted by Crippen LogP contribution is -1.89. The SMILES string of the molecule is CC(=O)c1sc(C)nc1C.Cc1nc(C)c(C(C)O)s1. The number of aliphatic hydroxyl groups excluding tert-OH is 1. The lowest BCUT2D eigenvalue weighted by atomic mass is 10.3. The number of aryl methyl sites for hydroxylation is 4. The predicted molar refractivity (Wildman–Crippen MR) is 83.8 cm³/mol. The molecule has 20 heavy (non-hydrogen) atoms. The number of hydrogen-bond acceptors (Lipinski definition) is 6. The second kappa shape index (κ2) is 7.06. The number of aliphatic hydroxyl groups is 1. The van der Waals surface area contributed by atoms with E-state index in [0.29, 0.717) is 0 Å². The average Bonchev–Trinajstić information content (AvgIpc) is 2.82. The molecular weight excluding hydrogens is 292 g/mol. The summed E-state index contributed by atoms with van der Waals surface area (Å²) in [6, 6.07) is 0. The maximum Gasteiger partial charge on any atom is 0.171 e. The third-order valence-electron chi connectivity index (χ3n) is 2.54. The Balaban J connectivity index is 0.000000200. The number of thiazole rings is 2. The van der Waals surface area contributed by atoms with Gasteiger partial charge >= 0.3 is 0 Å². The van der Waals surface area contributed by atoms with E-state index in [1.807, 2.05) is 27.7 Å². The quantitative estimate of drug-likeness (QED) is 0.857. The van der Waals surface area contributed by atoms with E-state index in [1.54, 1.807) is 25.2 Å². The van der Waals surface area contributed by atoms with Gasteiger partial charge in [-0.2, -0.15) is 0 Å². The second-order valence-corrected chi connectivity index (χ2v) is 7.00. The number of ketones is 1. The molecule has 110 valence electrons. The fourth-order valence-corrected chi connectivity index (χ4v) is 3.47. The minimum absolute atomic E-state index is 0.114. The van der Waals surface area contributed by atoms with Crippen LogP contribution in [0.2, 0.25) is 0 Å². The first-order valence-corrected chi connectivity index (χ1v) is 7.92. The molecule has 1 unspecified atom stereocenters. The van der Waals surface area contributed by atoms with Gasteiger partial charge < -0.3 is 5.11 Å². The Bertz CT molecular complexity index is 600. The Morgan fingerprint density at radius 2 is 1.55 bits per heavy atom. The molecule has 0 spiro atoms. The van der Waals surface area contributed by atoms with Crippen molar-refractivity contribution in [1.82, 2.24) is 9.97 Å². The van der Waals surface area contributed by atoms with E-state index in [0.717, 1.165) is 31.2 Å². The predicted octanol–water partition coefficient (Wildman–Crippen LogP) is 3.78. The molecule has 1 atom stereocenters. The molecule has 1 N–H and O–H groups in total. The van der Waals surface area contributed by atoms with Crippen molar-refractivity contribution in [3.63, 3.8) is 0 Å². The highest BCUT2D eigenvalue weighted by atomic mass is 32.1. The number of rotatable bonds is 2. The number of Topliss-reactive ketones (excluding diaryl/α,β-unsaturated/α-hetero) is 1. The summed E-state index contributed by atoms with van der Waals surface area (Å²) in [5.41, 5.74) is 1.81. The largest absolute Gasteiger partial charge is 0.388 e. The highest BCUT2D eigenvalue weighted by Gasteiger charge is 2.09. The van der Waals surface area contributed by atoms with Crippen molar-refractivity contribution in [2.45, 2.75) is 47.6 Å². The van der Waals surface area contributed by atoms with Crippen LogP contribution in [0, 0.1) is 27.7 Å². The minimum atomic E-state index is -0.369. The van der Waals surface area contributed by atoms with E-state index < -0.39 is 0 Å². The smallest absolute Gasteiger partial charge is 0.171 e. The Hall–Kier alpha value is -1.11. The molecule has 4 nitrogen and oxygen atoms in total. The first kappa shape index (κ1) is 16.9. The molecule has 2 heterocycles. The molecule has 0 bridgehead atoms. The summed E-state index contributed by atoms with van der Waals surface area (Å²) in [6.07, 6.45) is -0.369. The van der Waals surface area contributed by atoms with E-state index in [2.05, 4.69) is 9.97 Å². The summed E-state index contributed by atoms with van der Waals surface area (Å²) in [5, 5.41) is 11.2. The molecular formula is C14H20N2O2S2. The van der Waals surface area contributed by atoms with Gasteiger partial charge in [0, 0.05) is 6.92 Å². The van der Waals surface area contributed by atoms with Gasteiger partial charge in [-0.15, -0.1) is 22.7 Å². The Labute approximate surface area is 127 Å². The van der Waals surface area contributed by atoms with Crippen molar-refractivity contribution >= 4 is 28.5 Å². The summed E-state index contributed by atoms with van der Waals surface area (Å²) in [5.74, 6) is 0.114. The molecule has 0 aliphatic carbocycles. The standard InChI is InChI=1S/C7H11NOS.C7H9NOS/c2*1-4-7(5(2)9)10-6(3)8-4/h5,9H,1-3H3;1-3H3. The van der Waals surface area contributed by atoms with Crippen LogP contribution in [0.5, 0.6) is 0 Å². The lowest BCUT2D eigenvalue weighted by Gasteiger charge is -1.98. The van der Waals surface area contributed by atoms with Crippen LogP contribution in [-0.2, 0) is 0 Å². The van der Waals surface area contributed by atoms with Gasteiger partial charge in [0.15, 0.2) is 5.78 Å². The third kappa shape index (κ3) is 4.47. The molecule has 0 aromatic carbocycles. The summed E-state index contributed by atoms with van der Waals surface area (Å²) in [6.45, 7) is 11.0. The van der Waals surface area contributed by atoms with E-state index >= 15 is 0 Å². The normalized spacial score (nSPS) is 11.8. The highest BCUT2D eigenvalue weighted by Crippen LogP contribution is 2.23. The fraction of sp³-hybridized carbons (Fsp3) is 0.500. The molecule has 6 heteroatoms. The number of carbonyl (C=O) groups is 1. The van der Waals surface area contributed by atoms with Crippen LogP contribution in [0.15, 0.2) is 0 Å². The van der Waals surface area contributed by atoms with Crippen molar-refractivity contribution in [2.75, 3.05) is 0 Å². The zero-order chi connectivity index (χ0) is 15.4. The second-order valence-electron chi connectivity index (χ2n) is 4.56. The maximum absolute atomic E-state index is 10.8. The lowest BCUT2D eigenvalue weighted by molar-refractivity contribution is 0.102. The van der Waals surface area contributed by atoms with E-state index in [4.69, 9.17) is 0 Å². The first-order valence-electron chi connectivity index (χ1n) is 6.29. The van der Waals surface area contributed by atoms with Gasteiger partial charge in [0.1, 0.15) is 0 Å². The summed E-state index contributed by atoms with van der Waals surface area (Å²) in [7, 11) is 0. The molecule has 2 aromatic heterocycles. The number of aromatic nitrogens is 2. The van der Waals surface area contributed by atoms with E-state index in [9.17, 15) is 9.90 Å². The minimum Gasteiger partial charge on any atom is -0.388 e. The fourth-order valence-electron chi connectivity index (χ4n) is 1.79. The van der Waals surface area contributed by atoms with Crippen molar-refractivity contribution in [2.24, 2.45) is 0 Å². The van der Waals surface area contributed by atoms with Gasteiger partial charge in [-0.05, 0) is 34.6 Å². The molecule has 0 amide bonds. The van der Waals surface area contributed by atoms with Crippen molar-refractivity contribution in [1.29, 1.82) is 0 Å². The first-order chi connectivity index (χ1) is 9.22. The molecule has 2 rings (SSSR count). The molecule has 0 aliphatic rings. The van der Waals surface area contributed by atoms with Gasteiger partial charge in [0.25, 0.3) is 0 Å². The average molecular weight is 312 g/mol. The Kier molecular flexibility index (Phi) is 5.98. The Morgan fingerprint density at radius 1 is 1.05 bits per heavy atom. The zero-order valence-electron chi connectivity index (χ0n) is 12.6. The van der Waals surface area contributed by atoms with Crippen LogP contribution in [-0.4, -0.2) is 20.9 Å². The van der Waals surface area contributed by atoms with Gasteiger partial charge in [-0.25, -0.2) is 9.97 Å². The summed E-state index contributed by atoms with van der Waals surface area (Å²) >= 11 is 3.02. The maximum atomic E-state index is 10.8. The zero-order valence-corrected chi connectivity index (χ0v) is 14.3.